The molecule has 32 heavy (non-hydrogen) atoms. The van der Waals surface area contributed by atoms with E-state index in [1.165, 1.54) is 49.2 Å². The minimum absolute atomic E-state index is 0.343. The van der Waals surface area contributed by atoms with E-state index >= 15 is 0 Å². The first-order valence-corrected chi connectivity index (χ1v) is 12.5. The molecule has 0 amide bonds. The lowest BCUT2D eigenvalue weighted by molar-refractivity contribution is -0.123. The van der Waals surface area contributed by atoms with Gasteiger partial charge in [0, 0.05) is 37.2 Å². The largest absolute Gasteiger partial charge is 0.475 e. The summed E-state index contributed by atoms with van der Waals surface area (Å²) in [5, 5.41) is 3.73. The zero-order valence-electron chi connectivity index (χ0n) is 20.1. The van der Waals surface area contributed by atoms with Crippen molar-refractivity contribution in [1.29, 1.82) is 0 Å². The zero-order chi connectivity index (χ0) is 22.5. The highest BCUT2D eigenvalue weighted by molar-refractivity contribution is 5.69. The predicted octanol–water partition coefficient (Wildman–Crippen LogP) is 6.53. The van der Waals surface area contributed by atoms with Crippen molar-refractivity contribution in [1.82, 2.24) is 10.2 Å². The molecule has 4 fully saturated rings. The van der Waals surface area contributed by atoms with Crippen LogP contribution in [-0.4, -0.2) is 30.6 Å². The normalized spacial score (nSPS) is 30.2. The van der Waals surface area contributed by atoms with Crippen LogP contribution >= 0.6 is 0 Å². The molecule has 1 aromatic rings. The van der Waals surface area contributed by atoms with Gasteiger partial charge in [0.05, 0.1) is 0 Å². The van der Waals surface area contributed by atoms with E-state index in [2.05, 4.69) is 80.1 Å². The Kier molecular flexibility index (Phi) is 7.57. The number of nitrogens with zero attached hydrogens (tertiary/aromatic N) is 1. The molecule has 0 aromatic heterocycles. The Bertz CT molecular complexity index is 852. The number of allylic oxidation sites excluding steroid dienone is 5. The Morgan fingerprint density at radius 3 is 2.47 bits per heavy atom. The summed E-state index contributed by atoms with van der Waals surface area (Å²) in [4.78, 5) is 2.67. The lowest BCUT2D eigenvalue weighted by Crippen LogP contribution is -2.60. The number of hydrogen-bond donors (Lipinski definition) is 1. The molecule has 3 heteroatoms. The molecule has 1 aliphatic carbocycles. The minimum Gasteiger partial charge on any atom is -0.475 e. The van der Waals surface area contributed by atoms with Crippen LogP contribution in [0.1, 0.15) is 58.4 Å². The summed E-state index contributed by atoms with van der Waals surface area (Å²) in [6.07, 6.45) is 12.5. The van der Waals surface area contributed by atoms with Crippen LogP contribution in [-0.2, 0) is 4.74 Å². The van der Waals surface area contributed by atoms with Crippen molar-refractivity contribution < 1.29 is 4.74 Å². The minimum atomic E-state index is 0.343. The first-order chi connectivity index (χ1) is 15.6. The van der Waals surface area contributed by atoms with Crippen molar-refractivity contribution in [3.05, 3.63) is 77.9 Å². The van der Waals surface area contributed by atoms with Crippen molar-refractivity contribution >= 4 is 5.57 Å². The van der Waals surface area contributed by atoms with Gasteiger partial charge in [-0.25, -0.2) is 0 Å². The molecule has 5 rings (SSSR count). The summed E-state index contributed by atoms with van der Waals surface area (Å²) in [6, 6.07) is 10.6. The number of unbranched alkanes of at least 4 members (excludes halogenated alkanes) is 1. The smallest absolute Gasteiger partial charge is 0.187 e. The third-order valence-corrected chi connectivity index (χ3v) is 7.31. The summed E-state index contributed by atoms with van der Waals surface area (Å²) in [6.45, 7) is 14.2. The van der Waals surface area contributed by atoms with Gasteiger partial charge in [-0.3, -0.25) is 0 Å². The fourth-order valence-corrected chi connectivity index (χ4v) is 5.85. The summed E-state index contributed by atoms with van der Waals surface area (Å²) in [5.74, 6) is 3.18. The quantitative estimate of drug-likeness (QED) is 0.258. The fourth-order valence-electron chi connectivity index (χ4n) is 5.85. The Hall–Kier alpha value is -2.26. The van der Waals surface area contributed by atoms with Gasteiger partial charge in [-0.1, -0.05) is 55.3 Å². The second-order valence-corrected chi connectivity index (χ2v) is 10.0. The van der Waals surface area contributed by atoms with Gasteiger partial charge in [0.15, 0.2) is 5.88 Å². The van der Waals surface area contributed by atoms with Crippen molar-refractivity contribution in [2.45, 2.75) is 59.0 Å². The van der Waals surface area contributed by atoms with E-state index in [1.54, 1.807) is 0 Å². The van der Waals surface area contributed by atoms with Crippen LogP contribution < -0.4 is 5.32 Å². The van der Waals surface area contributed by atoms with Gasteiger partial charge < -0.3 is 15.0 Å². The first kappa shape index (κ1) is 22.9. The number of piperidine rings is 3. The van der Waals surface area contributed by atoms with E-state index in [0.717, 1.165) is 36.8 Å². The maximum absolute atomic E-state index is 6.83. The van der Waals surface area contributed by atoms with Crippen LogP contribution in [0.3, 0.4) is 0 Å². The fraction of sp³-hybridized carbons (Fsp3) is 0.517. The Labute approximate surface area is 194 Å². The molecule has 0 spiro atoms. The van der Waals surface area contributed by atoms with Crippen LogP contribution in [0.5, 0.6) is 0 Å². The molecule has 1 aromatic carbocycles. The Morgan fingerprint density at radius 1 is 1.12 bits per heavy atom. The molecule has 2 unspecified atom stereocenters. The molecule has 3 aliphatic heterocycles. The van der Waals surface area contributed by atoms with Crippen molar-refractivity contribution in [2.24, 2.45) is 17.8 Å². The SMILES string of the molecule is C=CC/C(C)=C\C(N/C(=C/CCC)OC1C2CC3CC1CN(C3)C2)=C(/C)c1ccccc1. The highest BCUT2D eigenvalue weighted by Gasteiger charge is 2.48. The standard InChI is InChI=1S/C29H40N2O/c1-5-7-14-28(32-29-25-16-23-17-26(29)20-31(18-23)19-25)30-27(15-21(3)11-6-2)22(4)24-12-9-8-10-13-24/h6,8-10,12-15,23,25-26,29-30H,2,5,7,11,16-20H2,1,3-4H3/b21-15-,27-22-,28-14-. The molecule has 3 nitrogen and oxygen atoms in total. The van der Waals surface area contributed by atoms with Gasteiger partial charge in [0.1, 0.15) is 6.10 Å². The number of benzene rings is 1. The molecule has 3 saturated heterocycles. The van der Waals surface area contributed by atoms with E-state index < -0.39 is 0 Å². The average molecular weight is 433 g/mol. The molecule has 4 aliphatic rings. The van der Waals surface area contributed by atoms with Gasteiger partial charge in [-0.2, -0.15) is 0 Å². The van der Waals surface area contributed by atoms with Crippen molar-refractivity contribution in [3.8, 4) is 0 Å². The summed E-state index contributed by atoms with van der Waals surface area (Å²) in [7, 11) is 0. The van der Waals surface area contributed by atoms with Crippen LogP contribution in [0, 0.1) is 17.8 Å². The average Bonchev–Trinajstić information content (AvgIpc) is 2.79. The third-order valence-electron chi connectivity index (χ3n) is 7.31. The van der Waals surface area contributed by atoms with Gasteiger partial charge in [0.25, 0.3) is 0 Å². The van der Waals surface area contributed by atoms with Crippen LogP contribution in [0.2, 0.25) is 0 Å². The summed E-state index contributed by atoms with van der Waals surface area (Å²) >= 11 is 0. The van der Waals surface area contributed by atoms with Crippen LogP contribution in [0.25, 0.3) is 5.57 Å². The summed E-state index contributed by atoms with van der Waals surface area (Å²) < 4.78 is 6.83. The molecular formula is C29H40N2O. The van der Waals surface area contributed by atoms with E-state index in [4.69, 9.17) is 4.74 Å². The Balaban J connectivity index is 1.59. The lowest BCUT2D eigenvalue weighted by Gasteiger charge is -2.55. The molecular weight excluding hydrogens is 392 g/mol. The van der Waals surface area contributed by atoms with E-state index in [9.17, 15) is 0 Å². The number of hydrogen-bond acceptors (Lipinski definition) is 3. The van der Waals surface area contributed by atoms with E-state index in [0.29, 0.717) is 17.9 Å². The number of rotatable bonds is 10. The van der Waals surface area contributed by atoms with E-state index in [1.807, 2.05) is 6.08 Å². The Morgan fingerprint density at radius 2 is 1.84 bits per heavy atom. The highest BCUT2D eigenvalue weighted by atomic mass is 16.5. The monoisotopic (exact) mass is 432 g/mol. The zero-order valence-corrected chi connectivity index (χ0v) is 20.1. The van der Waals surface area contributed by atoms with Crippen LogP contribution in [0.15, 0.2) is 72.3 Å². The lowest BCUT2D eigenvalue weighted by atomic mass is 9.66. The number of ether oxygens (including phenoxy) is 1. The highest BCUT2D eigenvalue weighted by Crippen LogP contribution is 2.45. The maximum atomic E-state index is 6.83. The topological polar surface area (TPSA) is 24.5 Å². The molecule has 172 valence electrons. The van der Waals surface area contributed by atoms with Crippen LogP contribution in [0.4, 0.5) is 0 Å². The molecule has 1 saturated carbocycles. The van der Waals surface area contributed by atoms with Crippen molar-refractivity contribution in [3.63, 3.8) is 0 Å². The molecule has 4 bridgehead atoms. The first-order valence-electron chi connectivity index (χ1n) is 12.5. The molecule has 0 radical (unpaired) electrons. The molecule has 3 heterocycles. The van der Waals surface area contributed by atoms with Crippen molar-refractivity contribution in [2.75, 3.05) is 19.6 Å². The molecule has 1 N–H and O–H groups in total. The van der Waals surface area contributed by atoms with Gasteiger partial charge >= 0.3 is 0 Å². The predicted molar refractivity (Wildman–Crippen MR) is 135 cm³/mol. The second-order valence-electron chi connectivity index (χ2n) is 10.0. The van der Waals surface area contributed by atoms with Gasteiger partial charge in [0.2, 0.25) is 0 Å². The summed E-state index contributed by atoms with van der Waals surface area (Å²) in [5.41, 5.74) is 4.87. The molecule has 2 atom stereocenters. The number of nitrogens with one attached hydrogen (secondary N) is 1. The third kappa shape index (κ3) is 5.38. The van der Waals surface area contributed by atoms with Gasteiger partial charge in [-0.05, 0) is 68.7 Å². The maximum Gasteiger partial charge on any atom is 0.187 e. The van der Waals surface area contributed by atoms with E-state index in [-0.39, 0.29) is 0 Å². The van der Waals surface area contributed by atoms with Gasteiger partial charge in [-0.15, -0.1) is 6.58 Å². The second kappa shape index (κ2) is 10.6.